The van der Waals surface area contributed by atoms with Gasteiger partial charge in [0.1, 0.15) is 0 Å². The van der Waals surface area contributed by atoms with Crippen LogP contribution in [0, 0.1) is 3.77 Å². The fraction of sp³-hybridized carbons (Fsp3) is 0. The van der Waals surface area contributed by atoms with E-state index in [1.54, 1.807) is 6.07 Å². The second-order valence-electron chi connectivity index (χ2n) is 1.04. The maximum absolute atomic E-state index is 5.39. The SMILES string of the molecule is Clc1ccc(I)o1. The highest BCUT2D eigenvalue weighted by Gasteiger charge is 1.89. The van der Waals surface area contributed by atoms with Crippen molar-refractivity contribution in [2.75, 3.05) is 0 Å². The molecule has 0 N–H and O–H groups in total. The lowest BCUT2D eigenvalue weighted by Crippen LogP contribution is -1.46. The van der Waals surface area contributed by atoms with E-state index in [1.165, 1.54) is 0 Å². The topological polar surface area (TPSA) is 13.1 Å². The zero-order valence-electron chi connectivity index (χ0n) is 3.32. The lowest BCUT2D eigenvalue weighted by Gasteiger charge is -1.72. The van der Waals surface area contributed by atoms with E-state index in [0.29, 0.717) is 5.22 Å². The first kappa shape index (κ1) is 5.44. The van der Waals surface area contributed by atoms with E-state index in [9.17, 15) is 0 Å². The fourth-order valence-electron chi connectivity index (χ4n) is 0.292. The zero-order valence-corrected chi connectivity index (χ0v) is 6.23. The molecule has 1 nitrogen and oxygen atoms in total. The highest BCUT2D eigenvalue weighted by atomic mass is 127. The molecule has 1 aromatic heterocycles. The van der Waals surface area contributed by atoms with Crippen molar-refractivity contribution in [1.82, 2.24) is 0 Å². The monoisotopic (exact) mass is 228 g/mol. The summed E-state index contributed by atoms with van der Waals surface area (Å²) in [7, 11) is 0. The molecule has 0 atom stereocenters. The van der Waals surface area contributed by atoms with Gasteiger partial charge in [0.05, 0.1) is 0 Å². The first-order valence-corrected chi connectivity index (χ1v) is 3.15. The number of furan rings is 1. The van der Waals surface area contributed by atoms with E-state index in [0.717, 1.165) is 3.77 Å². The summed E-state index contributed by atoms with van der Waals surface area (Å²) in [5.41, 5.74) is 0. The average molecular weight is 228 g/mol. The first-order valence-electron chi connectivity index (χ1n) is 1.70. The molecule has 1 heterocycles. The van der Waals surface area contributed by atoms with Crippen molar-refractivity contribution < 1.29 is 4.42 Å². The average Bonchev–Trinajstić information content (AvgIpc) is 1.87. The largest absolute Gasteiger partial charge is 0.439 e. The van der Waals surface area contributed by atoms with E-state index in [4.69, 9.17) is 16.0 Å². The van der Waals surface area contributed by atoms with Crippen LogP contribution in [0.4, 0.5) is 0 Å². The van der Waals surface area contributed by atoms with Gasteiger partial charge in [0, 0.05) is 0 Å². The minimum atomic E-state index is 0.449. The van der Waals surface area contributed by atoms with Crippen LogP contribution in [-0.2, 0) is 0 Å². The Bertz CT molecular complexity index is 144. The highest BCUT2D eigenvalue weighted by molar-refractivity contribution is 14.1. The Hall–Kier alpha value is 0.300. The molecule has 0 fully saturated rings. The summed E-state index contributed by atoms with van der Waals surface area (Å²) in [5.74, 6) is 0. The quantitative estimate of drug-likeness (QED) is 0.622. The van der Waals surface area contributed by atoms with Crippen LogP contribution >= 0.6 is 34.2 Å². The molecule has 0 unspecified atom stereocenters. The van der Waals surface area contributed by atoms with Gasteiger partial charge in [0.25, 0.3) is 0 Å². The third-order valence-corrected chi connectivity index (χ3v) is 1.32. The molecule has 0 spiro atoms. The predicted molar refractivity (Wildman–Crippen MR) is 36.4 cm³/mol. The first-order chi connectivity index (χ1) is 3.29. The van der Waals surface area contributed by atoms with Crippen molar-refractivity contribution in [3.63, 3.8) is 0 Å². The van der Waals surface area contributed by atoms with Gasteiger partial charge >= 0.3 is 0 Å². The van der Waals surface area contributed by atoms with Crippen molar-refractivity contribution in [3.8, 4) is 0 Å². The Morgan fingerprint density at radius 3 is 2.43 bits per heavy atom. The molecule has 0 bridgehead atoms. The lowest BCUT2D eigenvalue weighted by atomic mass is 10.7. The molecule has 0 aliphatic heterocycles. The number of rotatable bonds is 0. The summed E-state index contributed by atoms with van der Waals surface area (Å²) in [6.07, 6.45) is 0. The summed E-state index contributed by atoms with van der Waals surface area (Å²) in [4.78, 5) is 0. The zero-order chi connectivity index (χ0) is 5.28. The Morgan fingerprint density at radius 1 is 1.57 bits per heavy atom. The molecule has 0 saturated heterocycles. The standard InChI is InChI=1S/C4H2ClIO/c5-3-1-2-4(6)7-3/h1-2H. The number of hydrogen-bond acceptors (Lipinski definition) is 1. The van der Waals surface area contributed by atoms with Gasteiger partial charge in [-0.05, 0) is 46.3 Å². The molecule has 0 saturated carbocycles. The number of halogens is 2. The molecular weight excluding hydrogens is 226 g/mol. The summed E-state index contributed by atoms with van der Waals surface area (Å²) in [5, 5.41) is 0.449. The highest BCUT2D eigenvalue weighted by Crippen LogP contribution is 2.13. The van der Waals surface area contributed by atoms with Gasteiger partial charge in [-0.25, -0.2) is 0 Å². The van der Waals surface area contributed by atoms with Gasteiger partial charge in [-0.3, -0.25) is 0 Å². The van der Waals surface area contributed by atoms with Gasteiger partial charge in [0.15, 0.2) is 8.99 Å². The molecular formula is C4H2ClIO. The minimum Gasteiger partial charge on any atom is -0.439 e. The number of hydrogen-bond donors (Lipinski definition) is 0. The Balaban J connectivity index is 3.04. The Kier molecular flexibility index (Phi) is 1.59. The van der Waals surface area contributed by atoms with Crippen molar-refractivity contribution in [2.24, 2.45) is 0 Å². The second-order valence-corrected chi connectivity index (χ2v) is 2.48. The molecule has 0 aromatic carbocycles. The smallest absolute Gasteiger partial charge is 0.194 e. The van der Waals surface area contributed by atoms with Crippen LogP contribution < -0.4 is 0 Å². The molecule has 7 heavy (non-hydrogen) atoms. The second kappa shape index (κ2) is 2.05. The van der Waals surface area contributed by atoms with Gasteiger partial charge in [0.2, 0.25) is 0 Å². The third kappa shape index (κ3) is 1.35. The van der Waals surface area contributed by atoms with Crippen molar-refractivity contribution in [1.29, 1.82) is 0 Å². The van der Waals surface area contributed by atoms with E-state index in [-0.39, 0.29) is 0 Å². The fourth-order valence-corrected chi connectivity index (χ4v) is 0.986. The van der Waals surface area contributed by atoms with Crippen molar-refractivity contribution in [2.45, 2.75) is 0 Å². The van der Waals surface area contributed by atoms with Gasteiger partial charge < -0.3 is 4.42 Å². The minimum absolute atomic E-state index is 0.449. The van der Waals surface area contributed by atoms with E-state index < -0.39 is 0 Å². The molecule has 0 amide bonds. The molecule has 0 aliphatic rings. The molecule has 0 radical (unpaired) electrons. The van der Waals surface area contributed by atoms with E-state index >= 15 is 0 Å². The maximum atomic E-state index is 5.39. The molecule has 1 rings (SSSR count). The van der Waals surface area contributed by atoms with Crippen LogP contribution in [0.1, 0.15) is 0 Å². The summed E-state index contributed by atoms with van der Waals surface area (Å²) in [6.45, 7) is 0. The molecule has 3 heteroatoms. The van der Waals surface area contributed by atoms with Crippen LogP contribution in [0.5, 0.6) is 0 Å². The third-order valence-electron chi connectivity index (χ3n) is 0.540. The van der Waals surface area contributed by atoms with E-state index in [2.05, 4.69) is 0 Å². The molecule has 0 aliphatic carbocycles. The Morgan fingerprint density at radius 2 is 2.29 bits per heavy atom. The maximum Gasteiger partial charge on any atom is 0.194 e. The van der Waals surface area contributed by atoms with Gasteiger partial charge in [-0.1, -0.05) is 0 Å². The molecule has 1 aromatic rings. The van der Waals surface area contributed by atoms with Gasteiger partial charge in [-0.15, -0.1) is 0 Å². The van der Waals surface area contributed by atoms with Crippen LogP contribution in [0.25, 0.3) is 0 Å². The summed E-state index contributed by atoms with van der Waals surface area (Å²) in [6, 6.07) is 3.52. The predicted octanol–water partition coefficient (Wildman–Crippen LogP) is 2.54. The van der Waals surface area contributed by atoms with Crippen LogP contribution in [0.15, 0.2) is 16.5 Å². The normalized spacial score (nSPS) is 9.43. The lowest BCUT2D eigenvalue weighted by molar-refractivity contribution is 0.540. The van der Waals surface area contributed by atoms with Crippen LogP contribution in [0.3, 0.4) is 0 Å². The van der Waals surface area contributed by atoms with Gasteiger partial charge in [-0.2, -0.15) is 0 Å². The van der Waals surface area contributed by atoms with E-state index in [1.807, 2.05) is 28.7 Å². The van der Waals surface area contributed by atoms with Crippen LogP contribution in [0.2, 0.25) is 5.22 Å². The summed E-state index contributed by atoms with van der Waals surface area (Å²) < 4.78 is 5.66. The Labute approximate surface area is 59.8 Å². The van der Waals surface area contributed by atoms with Crippen LogP contribution in [-0.4, -0.2) is 0 Å². The van der Waals surface area contributed by atoms with Crippen molar-refractivity contribution in [3.05, 3.63) is 21.1 Å². The summed E-state index contributed by atoms with van der Waals surface area (Å²) >= 11 is 7.44. The molecule has 38 valence electrons. The van der Waals surface area contributed by atoms with Crippen molar-refractivity contribution >= 4 is 34.2 Å².